The van der Waals surface area contributed by atoms with Crippen LogP contribution in [0.25, 0.3) is 0 Å². The third-order valence-electron chi connectivity index (χ3n) is 2.30. The van der Waals surface area contributed by atoms with E-state index in [4.69, 9.17) is 4.74 Å². The fraction of sp³-hybridized carbons (Fsp3) is 0.909. The smallest absolute Gasteiger partial charge is 0.307 e. The fourth-order valence-corrected chi connectivity index (χ4v) is 1.15. The van der Waals surface area contributed by atoms with Gasteiger partial charge in [-0.1, -0.05) is 13.8 Å². The molecule has 3 nitrogen and oxygen atoms in total. The van der Waals surface area contributed by atoms with E-state index in [9.17, 15) is 4.79 Å². The average molecular weight is 199 g/mol. The Morgan fingerprint density at radius 2 is 2.21 bits per heavy atom. The second-order valence-corrected chi connectivity index (χ2v) is 4.38. The summed E-state index contributed by atoms with van der Waals surface area (Å²) in [7, 11) is 0. The van der Waals surface area contributed by atoms with E-state index in [2.05, 4.69) is 19.2 Å². The number of ether oxygens (including phenoxy) is 1. The molecule has 0 aromatic heterocycles. The van der Waals surface area contributed by atoms with Gasteiger partial charge in [-0.15, -0.1) is 0 Å². The van der Waals surface area contributed by atoms with Crippen molar-refractivity contribution in [1.82, 2.24) is 5.32 Å². The summed E-state index contributed by atoms with van der Waals surface area (Å²) in [5.74, 6) is 0.534. The highest BCUT2D eigenvalue weighted by Gasteiger charge is 2.20. The largest absolute Gasteiger partial charge is 0.466 e. The van der Waals surface area contributed by atoms with Gasteiger partial charge in [-0.25, -0.2) is 0 Å². The molecule has 14 heavy (non-hydrogen) atoms. The molecule has 82 valence electrons. The van der Waals surface area contributed by atoms with Crippen LogP contribution in [0.5, 0.6) is 0 Å². The molecule has 0 amide bonds. The molecule has 1 aliphatic carbocycles. The summed E-state index contributed by atoms with van der Waals surface area (Å²) in [5, 5.41) is 3.29. The molecule has 0 radical (unpaired) electrons. The van der Waals surface area contributed by atoms with Crippen molar-refractivity contribution in [3.8, 4) is 0 Å². The van der Waals surface area contributed by atoms with Crippen LogP contribution in [0, 0.1) is 5.92 Å². The third kappa shape index (κ3) is 5.97. The van der Waals surface area contributed by atoms with Gasteiger partial charge in [0.1, 0.15) is 0 Å². The number of carbonyl (C=O) groups is 1. The zero-order valence-corrected chi connectivity index (χ0v) is 9.21. The lowest BCUT2D eigenvalue weighted by atomic mass is 10.1. The Balaban J connectivity index is 1.87. The van der Waals surface area contributed by atoms with E-state index in [1.54, 1.807) is 0 Å². The summed E-state index contributed by atoms with van der Waals surface area (Å²) >= 11 is 0. The van der Waals surface area contributed by atoms with Gasteiger partial charge in [-0.2, -0.15) is 0 Å². The molecule has 1 N–H and O–H groups in total. The van der Waals surface area contributed by atoms with Crippen LogP contribution in [0.4, 0.5) is 0 Å². The van der Waals surface area contributed by atoms with Crippen LogP contribution < -0.4 is 5.32 Å². The van der Waals surface area contributed by atoms with Crippen LogP contribution in [0.15, 0.2) is 0 Å². The monoisotopic (exact) mass is 199 g/mol. The highest BCUT2D eigenvalue weighted by molar-refractivity contribution is 5.69. The second kappa shape index (κ2) is 6.02. The van der Waals surface area contributed by atoms with Gasteiger partial charge in [0.25, 0.3) is 0 Å². The van der Waals surface area contributed by atoms with Crippen molar-refractivity contribution in [2.24, 2.45) is 5.92 Å². The minimum Gasteiger partial charge on any atom is -0.466 e. The minimum atomic E-state index is -0.0706. The predicted molar refractivity (Wildman–Crippen MR) is 56.1 cm³/mol. The van der Waals surface area contributed by atoms with Crippen molar-refractivity contribution >= 4 is 5.97 Å². The Morgan fingerprint density at radius 1 is 1.50 bits per heavy atom. The van der Waals surface area contributed by atoms with E-state index < -0.39 is 0 Å². The lowest BCUT2D eigenvalue weighted by Gasteiger charge is -2.06. The standard InChI is InChI=1S/C11H21NO2/c1-9(2)6-8-14-11(13)5-7-12-10-3-4-10/h9-10,12H,3-8H2,1-2H3. The first-order valence-electron chi connectivity index (χ1n) is 5.57. The van der Waals surface area contributed by atoms with E-state index in [-0.39, 0.29) is 5.97 Å². The van der Waals surface area contributed by atoms with Gasteiger partial charge in [0, 0.05) is 12.6 Å². The van der Waals surface area contributed by atoms with Gasteiger partial charge < -0.3 is 10.1 Å². The average Bonchev–Trinajstić information content (AvgIpc) is 2.87. The van der Waals surface area contributed by atoms with E-state index in [0.29, 0.717) is 25.0 Å². The van der Waals surface area contributed by atoms with Gasteiger partial charge >= 0.3 is 5.97 Å². The molecule has 0 atom stereocenters. The third-order valence-corrected chi connectivity index (χ3v) is 2.30. The zero-order valence-electron chi connectivity index (χ0n) is 9.21. The van der Waals surface area contributed by atoms with Gasteiger partial charge in [-0.3, -0.25) is 4.79 Å². The minimum absolute atomic E-state index is 0.0706. The van der Waals surface area contributed by atoms with Crippen LogP contribution in [0.1, 0.15) is 39.5 Å². The summed E-state index contributed by atoms with van der Waals surface area (Å²) in [5.41, 5.74) is 0. The van der Waals surface area contributed by atoms with E-state index in [1.165, 1.54) is 12.8 Å². The van der Waals surface area contributed by atoms with Crippen molar-refractivity contribution in [1.29, 1.82) is 0 Å². The summed E-state index contributed by atoms with van der Waals surface area (Å²) < 4.78 is 5.08. The molecule has 0 unspecified atom stereocenters. The summed E-state index contributed by atoms with van der Waals surface area (Å²) in [6, 6.07) is 0.679. The zero-order chi connectivity index (χ0) is 10.4. The molecule has 0 heterocycles. The number of nitrogens with one attached hydrogen (secondary N) is 1. The van der Waals surface area contributed by atoms with Gasteiger partial charge in [0.05, 0.1) is 13.0 Å². The first-order valence-corrected chi connectivity index (χ1v) is 5.57. The van der Waals surface area contributed by atoms with Crippen LogP contribution in [0.2, 0.25) is 0 Å². The molecule has 1 fully saturated rings. The second-order valence-electron chi connectivity index (χ2n) is 4.38. The number of hydrogen-bond acceptors (Lipinski definition) is 3. The molecular weight excluding hydrogens is 178 g/mol. The van der Waals surface area contributed by atoms with Crippen molar-refractivity contribution < 1.29 is 9.53 Å². The van der Waals surface area contributed by atoms with Gasteiger partial charge in [0.2, 0.25) is 0 Å². The van der Waals surface area contributed by atoms with Crippen LogP contribution in [-0.2, 0) is 9.53 Å². The van der Waals surface area contributed by atoms with Gasteiger partial charge in [0.15, 0.2) is 0 Å². The van der Waals surface area contributed by atoms with Crippen LogP contribution in [-0.4, -0.2) is 25.2 Å². The molecule has 0 saturated heterocycles. The molecule has 1 aliphatic rings. The fourth-order valence-electron chi connectivity index (χ4n) is 1.15. The Hall–Kier alpha value is -0.570. The molecule has 0 aromatic carbocycles. The Bertz CT molecular complexity index is 166. The summed E-state index contributed by atoms with van der Waals surface area (Å²) in [6.07, 6.45) is 4.00. The Morgan fingerprint density at radius 3 is 2.79 bits per heavy atom. The first kappa shape index (κ1) is 11.5. The molecule has 0 aliphatic heterocycles. The molecular formula is C11H21NO2. The number of esters is 1. The number of carbonyl (C=O) groups excluding carboxylic acids is 1. The Kier molecular flexibility index (Phi) is 4.94. The molecule has 1 rings (SSSR count). The van der Waals surface area contributed by atoms with Gasteiger partial charge in [-0.05, 0) is 25.2 Å². The molecule has 0 spiro atoms. The topological polar surface area (TPSA) is 38.3 Å². The lowest BCUT2D eigenvalue weighted by molar-refractivity contribution is -0.143. The first-order chi connectivity index (χ1) is 6.68. The molecule has 0 bridgehead atoms. The summed E-state index contributed by atoms with van der Waals surface area (Å²) in [6.45, 7) is 5.59. The quantitative estimate of drug-likeness (QED) is 0.634. The van der Waals surface area contributed by atoms with Crippen LogP contribution >= 0.6 is 0 Å². The maximum atomic E-state index is 11.2. The molecule has 0 aromatic rings. The number of rotatable bonds is 7. The molecule has 3 heteroatoms. The normalized spacial score (nSPS) is 15.9. The van der Waals surface area contributed by atoms with E-state index >= 15 is 0 Å². The van der Waals surface area contributed by atoms with E-state index in [0.717, 1.165) is 13.0 Å². The number of hydrogen-bond donors (Lipinski definition) is 1. The van der Waals surface area contributed by atoms with Crippen molar-refractivity contribution in [2.75, 3.05) is 13.2 Å². The predicted octanol–water partition coefficient (Wildman–Crippen LogP) is 1.72. The van der Waals surface area contributed by atoms with Crippen LogP contribution in [0.3, 0.4) is 0 Å². The highest BCUT2D eigenvalue weighted by Crippen LogP contribution is 2.18. The van der Waals surface area contributed by atoms with E-state index in [1.807, 2.05) is 0 Å². The van der Waals surface area contributed by atoms with Crippen molar-refractivity contribution in [2.45, 2.75) is 45.6 Å². The van der Waals surface area contributed by atoms with Crippen molar-refractivity contribution in [3.63, 3.8) is 0 Å². The highest BCUT2D eigenvalue weighted by atomic mass is 16.5. The maximum Gasteiger partial charge on any atom is 0.307 e. The lowest BCUT2D eigenvalue weighted by Crippen LogP contribution is -2.21. The SMILES string of the molecule is CC(C)CCOC(=O)CCNC1CC1. The molecule has 1 saturated carbocycles. The van der Waals surface area contributed by atoms with Crippen molar-refractivity contribution in [3.05, 3.63) is 0 Å². The maximum absolute atomic E-state index is 11.2. The summed E-state index contributed by atoms with van der Waals surface area (Å²) in [4.78, 5) is 11.2. The Labute approximate surface area is 86.2 Å².